The van der Waals surface area contributed by atoms with E-state index in [1.807, 2.05) is 31.2 Å². The fraction of sp³-hybridized carbons (Fsp3) is 0.316. The summed E-state index contributed by atoms with van der Waals surface area (Å²) in [5, 5.41) is 6.76. The van der Waals surface area contributed by atoms with E-state index in [-0.39, 0.29) is 12.3 Å². The van der Waals surface area contributed by atoms with Crippen molar-refractivity contribution in [2.75, 3.05) is 6.61 Å². The molecule has 7 heteroatoms. The van der Waals surface area contributed by atoms with Gasteiger partial charge in [-0.1, -0.05) is 29.4 Å². The third kappa shape index (κ3) is 4.80. The quantitative estimate of drug-likeness (QED) is 0.634. The van der Waals surface area contributed by atoms with Crippen LogP contribution >= 0.6 is 0 Å². The van der Waals surface area contributed by atoms with Crippen LogP contribution in [0.1, 0.15) is 30.4 Å². The Morgan fingerprint density at radius 2 is 2.04 bits per heavy atom. The standard InChI is InChI=1S/C19H21N3O4/c1-2-24-13-15-7-4-3-6-14(15)12-20-17(23)9-10-18-21-19(22-26-18)16-8-5-11-25-16/h3-8,11H,2,9-10,12-13H2,1H3,(H,20,23). The van der Waals surface area contributed by atoms with Crippen molar-refractivity contribution < 1.29 is 18.5 Å². The first kappa shape index (κ1) is 17.9. The first-order valence-electron chi connectivity index (χ1n) is 8.54. The van der Waals surface area contributed by atoms with E-state index in [1.165, 1.54) is 0 Å². The summed E-state index contributed by atoms with van der Waals surface area (Å²) < 4.78 is 15.8. The van der Waals surface area contributed by atoms with Crippen molar-refractivity contribution in [3.8, 4) is 11.6 Å². The van der Waals surface area contributed by atoms with Crippen LogP contribution in [0.5, 0.6) is 0 Å². The minimum atomic E-state index is -0.0750. The van der Waals surface area contributed by atoms with Gasteiger partial charge in [0, 0.05) is 26.0 Å². The van der Waals surface area contributed by atoms with Crippen LogP contribution in [0.2, 0.25) is 0 Å². The Hall–Kier alpha value is -2.93. The van der Waals surface area contributed by atoms with Gasteiger partial charge < -0.3 is 19.0 Å². The van der Waals surface area contributed by atoms with Crippen molar-refractivity contribution in [2.24, 2.45) is 0 Å². The highest BCUT2D eigenvalue weighted by Gasteiger charge is 2.12. The first-order chi connectivity index (χ1) is 12.8. The minimum absolute atomic E-state index is 0.0750. The first-order valence-corrected chi connectivity index (χ1v) is 8.54. The molecule has 0 fully saturated rings. The van der Waals surface area contributed by atoms with Crippen LogP contribution in [0.25, 0.3) is 11.6 Å². The highest BCUT2D eigenvalue weighted by Crippen LogP contribution is 2.16. The van der Waals surface area contributed by atoms with Crippen LogP contribution in [0.3, 0.4) is 0 Å². The Bertz CT molecular complexity index is 827. The van der Waals surface area contributed by atoms with Crippen LogP contribution in [0.4, 0.5) is 0 Å². The largest absolute Gasteiger partial charge is 0.461 e. The molecule has 0 spiro atoms. The highest BCUT2D eigenvalue weighted by molar-refractivity contribution is 5.76. The minimum Gasteiger partial charge on any atom is -0.461 e. The summed E-state index contributed by atoms with van der Waals surface area (Å²) >= 11 is 0. The zero-order valence-electron chi connectivity index (χ0n) is 14.6. The maximum atomic E-state index is 12.1. The van der Waals surface area contributed by atoms with Crippen molar-refractivity contribution in [3.05, 3.63) is 59.7 Å². The molecule has 0 unspecified atom stereocenters. The number of nitrogens with one attached hydrogen (secondary N) is 1. The summed E-state index contributed by atoms with van der Waals surface area (Å²) in [4.78, 5) is 16.3. The number of nitrogens with zero attached hydrogens (tertiary/aromatic N) is 2. The number of carbonyl (C=O) groups excluding carboxylic acids is 1. The molecule has 0 aliphatic heterocycles. The zero-order valence-corrected chi connectivity index (χ0v) is 14.6. The molecule has 1 aromatic carbocycles. The van der Waals surface area contributed by atoms with E-state index >= 15 is 0 Å². The molecule has 1 amide bonds. The lowest BCUT2D eigenvalue weighted by molar-refractivity contribution is -0.121. The third-order valence-corrected chi connectivity index (χ3v) is 3.83. The normalized spacial score (nSPS) is 10.8. The average Bonchev–Trinajstić information content (AvgIpc) is 3.35. The fourth-order valence-corrected chi connectivity index (χ4v) is 2.45. The fourth-order valence-electron chi connectivity index (χ4n) is 2.45. The molecule has 0 radical (unpaired) electrons. The van der Waals surface area contributed by atoms with Crippen LogP contribution in [-0.2, 0) is 29.1 Å². The van der Waals surface area contributed by atoms with Crippen LogP contribution in [0, 0.1) is 0 Å². The molecule has 7 nitrogen and oxygen atoms in total. The zero-order chi connectivity index (χ0) is 18.2. The number of aryl methyl sites for hydroxylation is 1. The molecule has 26 heavy (non-hydrogen) atoms. The number of rotatable bonds is 9. The van der Waals surface area contributed by atoms with Crippen molar-refractivity contribution >= 4 is 5.91 Å². The van der Waals surface area contributed by atoms with Gasteiger partial charge in [-0.05, 0) is 30.2 Å². The molecule has 3 rings (SSSR count). The van der Waals surface area contributed by atoms with Gasteiger partial charge in [-0.2, -0.15) is 4.98 Å². The van der Waals surface area contributed by atoms with Gasteiger partial charge in [0.25, 0.3) is 0 Å². The van der Waals surface area contributed by atoms with Gasteiger partial charge in [0.1, 0.15) is 0 Å². The van der Waals surface area contributed by atoms with Gasteiger partial charge in [0.2, 0.25) is 17.6 Å². The smallest absolute Gasteiger partial charge is 0.238 e. The predicted molar refractivity (Wildman–Crippen MR) is 93.9 cm³/mol. The van der Waals surface area contributed by atoms with Gasteiger partial charge in [-0.15, -0.1) is 0 Å². The van der Waals surface area contributed by atoms with E-state index in [1.54, 1.807) is 18.4 Å². The van der Waals surface area contributed by atoms with Crippen molar-refractivity contribution in [1.82, 2.24) is 15.5 Å². The molecule has 0 atom stereocenters. The lowest BCUT2D eigenvalue weighted by atomic mass is 10.1. The molecule has 2 heterocycles. The van der Waals surface area contributed by atoms with Gasteiger partial charge in [-0.3, -0.25) is 4.79 Å². The second-order valence-corrected chi connectivity index (χ2v) is 5.67. The SMILES string of the molecule is CCOCc1ccccc1CNC(=O)CCc1nc(-c2ccco2)no1. The molecular formula is C19H21N3O4. The number of furan rings is 1. The summed E-state index contributed by atoms with van der Waals surface area (Å²) in [6.07, 6.45) is 2.19. The highest BCUT2D eigenvalue weighted by atomic mass is 16.5. The summed E-state index contributed by atoms with van der Waals surface area (Å²) in [7, 11) is 0. The molecular weight excluding hydrogens is 334 g/mol. The number of hydrogen-bond acceptors (Lipinski definition) is 6. The molecule has 1 N–H and O–H groups in total. The van der Waals surface area contributed by atoms with Crippen LogP contribution < -0.4 is 5.32 Å². The number of ether oxygens (including phenoxy) is 1. The predicted octanol–water partition coefficient (Wildman–Crippen LogP) is 3.12. The number of aromatic nitrogens is 2. The maximum absolute atomic E-state index is 12.1. The molecule has 136 valence electrons. The molecule has 3 aromatic rings. The lowest BCUT2D eigenvalue weighted by Gasteiger charge is -2.10. The average molecular weight is 355 g/mol. The molecule has 2 aromatic heterocycles. The van der Waals surface area contributed by atoms with Gasteiger partial charge >= 0.3 is 0 Å². The topological polar surface area (TPSA) is 90.4 Å². The second-order valence-electron chi connectivity index (χ2n) is 5.67. The summed E-state index contributed by atoms with van der Waals surface area (Å²) in [6, 6.07) is 11.4. The van der Waals surface area contributed by atoms with Gasteiger partial charge in [0.15, 0.2) is 5.76 Å². The number of carbonyl (C=O) groups is 1. The van der Waals surface area contributed by atoms with E-state index < -0.39 is 0 Å². The Labute approximate surface area is 151 Å². The van der Waals surface area contributed by atoms with E-state index in [0.717, 1.165) is 11.1 Å². The van der Waals surface area contributed by atoms with Crippen molar-refractivity contribution in [2.45, 2.75) is 32.9 Å². The monoisotopic (exact) mass is 355 g/mol. The molecule has 0 bridgehead atoms. The van der Waals surface area contributed by atoms with Gasteiger partial charge in [0.05, 0.1) is 12.9 Å². The van der Waals surface area contributed by atoms with Crippen LogP contribution in [-0.4, -0.2) is 22.7 Å². The van der Waals surface area contributed by atoms with Crippen molar-refractivity contribution in [1.29, 1.82) is 0 Å². The lowest BCUT2D eigenvalue weighted by Crippen LogP contribution is -2.23. The Balaban J connectivity index is 1.48. The molecule has 0 saturated carbocycles. The maximum Gasteiger partial charge on any atom is 0.238 e. The number of hydrogen-bond donors (Lipinski definition) is 1. The molecule has 0 aliphatic carbocycles. The van der Waals surface area contributed by atoms with E-state index in [2.05, 4.69) is 15.5 Å². The Morgan fingerprint density at radius 1 is 1.19 bits per heavy atom. The Kier molecular flexibility index (Phi) is 6.16. The van der Waals surface area contributed by atoms with Crippen molar-refractivity contribution in [3.63, 3.8) is 0 Å². The number of amides is 1. The van der Waals surface area contributed by atoms with Gasteiger partial charge in [-0.25, -0.2) is 0 Å². The molecule has 0 aliphatic rings. The second kappa shape index (κ2) is 8.96. The van der Waals surface area contributed by atoms with E-state index in [0.29, 0.717) is 43.7 Å². The molecule has 0 saturated heterocycles. The third-order valence-electron chi connectivity index (χ3n) is 3.83. The summed E-state index contributed by atoms with van der Waals surface area (Å²) in [5.74, 6) is 1.25. The Morgan fingerprint density at radius 3 is 2.81 bits per heavy atom. The summed E-state index contributed by atoms with van der Waals surface area (Å²) in [6.45, 7) is 3.62. The summed E-state index contributed by atoms with van der Waals surface area (Å²) in [5.41, 5.74) is 2.13. The number of benzene rings is 1. The van der Waals surface area contributed by atoms with E-state index in [9.17, 15) is 4.79 Å². The van der Waals surface area contributed by atoms with E-state index in [4.69, 9.17) is 13.7 Å². The van der Waals surface area contributed by atoms with Crippen LogP contribution in [0.15, 0.2) is 51.6 Å².